The zero-order valence-corrected chi connectivity index (χ0v) is 10.3. The molecule has 0 spiro atoms. The van der Waals surface area contributed by atoms with Crippen molar-refractivity contribution in [2.45, 2.75) is 56.6 Å². The van der Waals surface area contributed by atoms with Crippen LogP contribution in [0.3, 0.4) is 0 Å². The number of hydrogen-bond acceptors (Lipinski definition) is 4. The third-order valence-corrected chi connectivity index (χ3v) is 3.98. The van der Waals surface area contributed by atoms with E-state index in [9.17, 15) is 5.11 Å². The van der Waals surface area contributed by atoms with E-state index in [1.807, 2.05) is 0 Å². The molecular weight excluding hydrogens is 206 g/mol. The van der Waals surface area contributed by atoms with Crippen LogP contribution in [0.2, 0.25) is 0 Å². The molecule has 4 heteroatoms. The van der Waals surface area contributed by atoms with Gasteiger partial charge in [-0.15, -0.1) is 0 Å². The average molecular weight is 229 g/mol. The van der Waals surface area contributed by atoms with E-state index in [-0.39, 0.29) is 24.5 Å². The summed E-state index contributed by atoms with van der Waals surface area (Å²) in [6.07, 6.45) is 5.34. The van der Waals surface area contributed by atoms with Gasteiger partial charge < -0.3 is 14.6 Å². The van der Waals surface area contributed by atoms with Crippen LogP contribution in [0.4, 0.5) is 0 Å². The normalized spacial score (nSPS) is 41.4. The van der Waals surface area contributed by atoms with E-state index in [2.05, 4.69) is 4.90 Å². The maximum Gasteiger partial charge on any atom is 0.137 e. The molecule has 94 valence electrons. The van der Waals surface area contributed by atoms with Crippen molar-refractivity contribution in [1.82, 2.24) is 4.90 Å². The first-order valence-corrected chi connectivity index (χ1v) is 6.27. The third kappa shape index (κ3) is 2.25. The lowest BCUT2D eigenvalue weighted by Crippen LogP contribution is -2.50. The molecule has 0 aromatic carbocycles. The molecule has 0 radical (unpaired) electrons. The number of methoxy groups -OCH3 is 2. The zero-order chi connectivity index (χ0) is 11.5. The third-order valence-electron chi connectivity index (χ3n) is 3.98. The lowest BCUT2D eigenvalue weighted by atomic mass is 9.91. The monoisotopic (exact) mass is 229 g/mol. The summed E-state index contributed by atoms with van der Waals surface area (Å²) >= 11 is 0. The molecule has 4 unspecified atom stereocenters. The van der Waals surface area contributed by atoms with Gasteiger partial charge in [0.15, 0.2) is 0 Å². The molecule has 1 heterocycles. The van der Waals surface area contributed by atoms with E-state index in [1.54, 1.807) is 14.2 Å². The molecule has 2 fully saturated rings. The molecule has 0 aromatic heterocycles. The topological polar surface area (TPSA) is 41.9 Å². The molecule has 1 aliphatic heterocycles. The van der Waals surface area contributed by atoms with Crippen molar-refractivity contribution in [3.8, 4) is 0 Å². The van der Waals surface area contributed by atoms with Gasteiger partial charge in [-0.2, -0.15) is 0 Å². The Morgan fingerprint density at radius 2 is 1.81 bits per heavy atom. The van der Waals surface area contributed by atoms with Crippen molar-refractivity contribution in [2.75, 3.05) is 20.8 Å². The number of rotatable bonds is 3. The first kappa shape index (κ1) is 12.3. The van der Waals surface area contributed by atoms with Gasteiger partial charge >= 0.3 is 0 Å². The van der Waals surface area contributed by atoms with Crippen LogP contribution in [0.15, 0.2) is 0 Å². The standard InChI is InChI=1S/C12H23NO3/c1-15-11-7-8-13(12(11)16-2)9-5-3-4-6-10(9)14/h9-12,14H,3-8H2,1-2H3. The molecule has 0 amide bonds. The lowest BCUT2D eigenvalue weighted by Gasteiger charge is -2.38. The summed E-state index contributed by atoms with van der Waals surface area (Å²) in [5, 5.41) is 10.1. The van der Waals surface area contributed by atoms with Crippen molar-refractivity contribution < 1.29 is 14.6 Å². The minimum atomic E-state index is -0.193. The van der Waals surface area contributed by atoms with Crippen LogP contribution in [-0.4, -0.2) is 55.2 Å². The maximum absolute atomic E-state index is 10.1. The Kier molecular flexibility index (Phi) is 4.19. The predicted molar refractivity (Wildman–Crippen MR) is 61.2 cm³/mol. The fraction of sp³-hybridized carbons (Fsp3) is 1.00. The molecule has 1 aliphatic carbocycles. The summed E-state index contributed by atoms with van der Waals surface area (Å²) in [5.41, 5.74) is 0. The molecule has 4 nitrogen and oxygen atoms in total. The molecule has 1 N–H and O–H groups in total. The quantitative estimate of drug-likeness (QED) is 0.783. The summed E-state index contributed by atoms with van der Waals surface area (Å²) in [7, 11) is 3.46. The van der Waals surface area contributed by atoms with Gasteiger partial charge in [0, 0.05) is 26.8 Å². The Hall–Kier alpha value is -0.160. The van der Waals surface area contributed by atoms with Crippen LogP contribution in [0, 0.1) is 0 Å². The van der Waals surface area contributed by atoms with E-state index in [1.165, 1.54) is 6.42 Å². The minimum absolute atomic E-state index is 0.0164. The molecule has 2 aliphatic rings. The molecule has 4 atom stereocenters. The lowest BCUT2D eigenvalue weighted by molar-refractivity contribution is -0.114. The summed E-state index contributed by atoms with van der Waals surface area (Å²) in [6, 6.07) is 0.263. The smallest absolute Gasteiger partial charge is 0.137 e. The van der Waals surface area contributed by atoms with Crippen molar-refractivity contribution in [3.63, 3.8) is 0 Å². The van der Waals surface area contributed by atoms with Crippen LogP contribution in [0.5, 0.6) is 0 Å². The summed E-state index contributed by atoms with van der Waals surface area (Å²) in [4.78, 5) is 2.29. The average Bonchev–Trinajstić information content (AvgIpc) is 2.72. The number of aliphatic hydroxyl groups excluding tert-OH is 1. The van der Waals surface area contributed by atoms with Crippen LogP contribution in [0.25, 0.3) is 0 Å². The van der Waals surface area contributed by atoms with Gasteiger partial charge in [0.1, 0.15) is 6.23 Å². The zero-order valence-electron chi connectivity index (χ0n) is 10.3. The van der Waals surface area contributed by atoms with Gasteiger partial charge in [0.2, 0.25) is 0 Å². The molecule has 16 heavy (non-hydrogen) atoms. The van der Waals surface area contributed by atoms with Crippen LogP contribution < -0.4 is 0 Å². The Balaban J connectivity index is 2.02. The Morgan fingerprint density at radius 1 is 1.06 bits per heavy atom. The second-order valence-corrected chi connectivity index (χ2v) is 4.85. The number of hydrogen-bond donors (Lipinski definition) is 1. The fourth-order valence-electron chi connectivity index (χ4n) is 3.11. The van der Waals surface area contributed by atoms with E-state index >= 15 is 0 Å². The number of ether oxygens (including phenoxy) is 2. The summed E-state index contributed by atoms with van der Waals surface area (Å²) in [6.45, 7) is 0.971. The van der Waals surface area contributed by atoms with Gasteiger partial charge in [-0.25, -0.2) is 0 Å². The first-order valence-electron chi connectivity index (χ1n) is 6.27. The van der Waals surface area contributed by atoms with Gasteiger partial charge in [-0.05, 0) is 19.3 Å². The summed E-state index contributed by atoms with van der Waals surface area (Å²) < 4.78 is 10.9. The van der Waals surface area contributed by atoms with Gasteiger partial charge in [-0.1, -0.05) is 12.8 Å². The van der Waals surface area contributed by atoms with E-state index in [4.69, 9.17) is 9.47 Å². The highest BCUT2D eigenvalue weighted by molar-refractivity contribution is 4.91. The van der Waals surface area contributed by atoms with Crippen molar-refractivity contribution in [3.05, 3.63) is 0 Å². The highest BCUT2D eigenvalue weighted by atomic mass is 16.5. The largest absolute Gasteiger partial charge is 0.391 e. The van der Waals surface area contributed by atoms with Gasteiger partial charge in [0.05, 0.1) is 12.2 Å². The molecule has 1 saturated heterocycles. The van der Waals surface area contributed by atoms with Crippen LogP contribution in [0.1, 0.15) is 32.1 Å². The maximum atomic E-state index is 10.1. The Labute approximate surface area is 97.5 Å². The van der Waals surface area contributed by atoms with Crippen molar-refractivity contribution >= 4 is 0 Å². The summed E-state index contributed by atoms with van der Waals surface area (Å²) in [5.74, 6) is 0. The minimum Gasteiger partial charge on any atom is -0.391 e. The SMILES string of the molecule is COC1CCN(C2CCCCC2O)C1OC. The highest BCUT2D eigenvalue weighted by Gasteiger charge is 2.41. The van der Waals surface area contributed by atoms with Crippen molar-refractivity contribution in [2.24, 2.45) is 0 Å². The number of likely N-dealkylation sites (tertiary alicyclic amines) is 1. The van der Waals surface area contributed by atoms with Gasteiger partial charge in [-0.3, -0.25) is 4.90 Å². The second kappa shape index (κ2) is 5.45. The number of nitrogens with zero attached hydrogens (tertiary/aromatic N) is 1. The molecule has 2 rings (SSSR count). The first-order chi connectivity index (χ1) is 7.77. The highest BCUT2D eigenvalue weighted by Crippen LogP contribution is 2.30. The Morgan fingerprint density at radius 3 is 2.44 bits per heavy atom. The van der Waals surface area contributed by atoms with E-state index in [0.717, 1.165) is 32.2 Å². The molecule has 0 bridgehead atoms. The fourth-order valence-corrected chi connectivity index (χ4v) is 3.11. The second-order valence-electron chi connectivity index (χ2n) is 4.85. The van der Waals surface area contributed by atoms with E-state index < -0.39 is 0 Å². The van der Waals surface area contributed by atoms with Gasteiger partial charge in [0.25, 0.3) is 0 Å². The molecule has 0 aromatic rings. The van der Waals surface area contributed by atoms with Crippen molar-refractivity contribution in [1.29, 1.82) is 0 Å². The molecular formula is C12H23NO3. The molecule has 1 saturated carbocycles. The number of aliphatic hydroxyl groups is 1. The van der Waals surface area contributed by atoms with E-state index in [0.29, 0.717) is 0 Å². The predicted octanol–water partition coefficient (Wildman–Crippen LogP) is 0.983. The van der Waals surface area contributed by atoms with Crippen LogP contribution in [-0.2, 0) is 9.47 Å². The van der Waals surface area contributed by atoms with Crippen LogP contribution >= 0.6 is 0 Å². The Bertz CT molecular complexity index is 224.